The zero-order valence-electron chi connectivity index (χ0n) is 14.0. The maximum atomic E-state index is 14.2. The Morgan fingerprint density at radius 2 is 1.74 bits per heavy atom. The van der Waals surface area contributed by atoms with Crippen LogP contribution in [0.25, 0.3) is 22.2 Å². The van der Waals surface area contributed by atoms with Crippen molar-refractivity contribution >= 4 is 22.8 Å². The van der Waals surface area contributed by atoms with Crippen molar-refractivity contribution in [3.8, 4) is 11.3 Å². The van der Waals surface area contributed by atoms with E-state index in [1.54, 1.807) is 0 Å². The van der Waals surface area contributed by atoms with E-state index in [1.807, 2.05) is 0 Å². The van der Waals surface area contributed by atoms with E-state index in [-0.39, 0.29) is 30.9 Å². The van der Waals surface area contributed by atoms with Crippen LogP contribution in [0.3, 0.4) is 0 Å². The highest BCUT2D eigenvalue weighted by atomic mass is 19.1. The van der Waals surface area contributed by atoms with Gasteiger partial charge in [0.2, 0.25) is 5.91 Å². The van der Waals surface area contributed by atoms with E-state index in [4.69, 9.17) is 0 Å². The molecule has 0 atom stereocenters. The molecule has 27 heavy (non-hydrogen) atoms. The molecule has 138 valence electrons. The summed E-state index contributed by atoms with van der Waals surface area (Å²) in [5, 5.41) is 2.74. The average Bonchev–Trinajstić information content (AvgIpc) is 3.14. The minimum atomic E-state index is -0.755. The summed E-state index contributed by atoms with van der Waals surface area (Å²) in [7, 11) is 0. The van der Waals surface area contributed by atoms with E-state index in [9.17, 15) is 22.8 Å². The number of rotatable bonds is 4. The highest BCUT2D eigenvalue weighted by molar-refractivity contribution is 6.02. The number of carbonyl (C=O) groups is 2. The molecule has 0 radical (unpaired) electrons. The minimum Gasteiger partial charge on any atom is -0.352 e. The monoisotopic (exact) mass is 373 g/mol. The summed E-state index contributed by atoms with van der Waals surface area (Å²) < 4.78 is 41.3. The van der Waals surface area contributed by atoms with Crippen LogP contribution in [-0.2, 0) is 11.2 Å². The number of nitrogens with zero attached hydrogens (tertiary/aromatic N) is 1. The number of urea groups is 1. The summed E-state index contributed by atoms with van der Waals surface area (Å²) in [5.41, 5.74) is 1.73. The fourth-order valence-corrected chi connectivity index (χ4v) is 3.30. The lowest BCUT2D eigenvalue weighted by Gasteiger charge is -2.13. The molecule has 2 heterocycles. The van der Waals surface area contributed by atoms with Crippen molar-refractivity contribution in [3.63, 3.8) is 0 Å². The highest BCUT2D eigenvalue weighted by Gasteiger charge is 2.28. The molecular formula is C19H14F3N3O2. The molecule has 5 nitrogen and oxygen atoms in total. The first-order valence-corrected chi connectivity index (χ1v) is 8.28. The SMILES string of the molecule is O=C1CNC(=O)N1CCc1c(-c2ccc(F)cc2)[nH]c2c(F)cc(F)cc12. The van der Waals surface area contributed by atoms with Crippen LogP contribution in [0.1, 0.15) is 5.56 Å². The topological polar surface area (TPSA) is 65.2 Å². The number of halogens is 3. The Morgan fingerprint density at radius 3 is 2.41 bits per heavy atom. The van der Waals surface area contributed by atoms with Gasteiger partial charge in [-0.2, -0.15) is 0 Å². The standard InChI is InChI=1S/C19H14F3N3O2/c20-11-3-1-10(2-4-11)17-13(5-6-25-16(26)9-23-19(25)27)14-7-12(21)8-15(22)18(14)24-17/h1-4,7-8,24H,5-6,9H2,(H,23,27). The van der Waals surface area contributed by atoms with Crippen molar-refractivity contribution in [2.24, 2.45) is 0 Å². The van der Waals surface area contributed by atoms with Crippen molar-refractivity contribution in [3.05, 3.63) is 59.4 Å². The lowest BCUT2D eigenvalue weighted by atomic mass is 10.0. The van der Waals surface area contributed by atoms with Crippen LogP contribution in [-0.4, -0.2) is 34.9 Å². The number of aromatic amines is 1. The maximum Gasteiger partial charge on any atom is 0.324 e. The van der Waals surface area contributed by atoms with Gasteiger partial charge in [-0.15, -0.1) is 0 Å². The number of aromatic nitrogens is 1. The van der Waals surface area contributed by atoms with Crippen LogP contribution in [0, 0.1) is 17.5 Å². The predicted octanol–water partition coefficient (Wildman–Crippen LogP) is 3.35. The van der Waals surface area contributed by atoms with Crippen LogP contribution in [0.15, 0.2) is 36.4 Å². The summed E-state index contributed by atoms with van der Waals surface area (Å²) >= 11 is 0. The van der Waals surface area contributed by atoms with E-state index in [0.29, 0.717) is 22.2 Å². The first-order chi connectivity index (χ1) is 12.9. The van der Waals surface area contributed by atoms with Gasteiger partial charge < -0.3 is 10.3 Å². The minimum absolute atomic E-state index is 0.0595. The van der Waals surface area contributed by atoms with Gasteiger partial charge in [0, 0.05) is 23.7 Å². The van der Waals surface area contributed by atoms with Gasteiger partial charge >= 0.3 is 6.03 Å². The molecule has 2 aromatic carbocycles. The molecule has 8 heteroatoms. The number of imide groups is 1. The van der Waals surface area contributed by atoms with Crippen molar-refractivity contribution in [1.29, 1.82) is 0 Å². The van der Waals surface area contributed by atoms with Gasteiger partial charge in [0.05, 0.1) is 12.1 Å². The summed E-state index contributed by atoms with van der Waals surface area (Å²) in [4.78, 5) is 27.5. The molecule has 3 aromatic rings. The number of H-pyrrole nitrogens is 1. The van der Waals surface area contributed by atoms with Crippen LogP contribution < -0.4 is 5.32 Å². The second kappa shape index (κ2) is 6.46. The average molecular weight is 373 g/mol. The normalized spacial score (nSPS) is 14.3. The first kappa shape index (κ1) is 17.1. The Kier molecular flexibility index (Phi) is 4.10. The van der Waals surface area contributed by atoms with Gasteiger partial charge in [0.15, 0.2) is 0 Å². The molecule has 0 unspecified atom stereocenters. The Hall–Kier alpha value is -3.29. The number of nitrogens with one attached hydrogen (secondary N) is 2. The molecule has 1 fully saturated rings. The van der Waals surface area contributed by atoms with E-state index >= 15 is 0 Å². The summed E-state index contributed by atoms with van der Waals surface area (Å²) in [5.74, 6) is -2.27. The van der Waals surface area contributed by atoms with Crippen molar-refractivity contribution < 1.29 is 22.8 Å². The quantitative estimate of drug-likeness (QED) is 0.689. The van der Waals surface area contributed by atoms with E-state index < -0.39 is 23.5 Å². The molecule has 4 rings (SSSR count). The van der Waals surface area contributed by atoms with E-state index in [1.165, 1.54) is 30.3 Å². The zero-order chi connectivity index (χ0) is 19.1. The number of hydrogen-bond donors (Lipinski definition) is 2. The van der Waals surface area contributed by atoms with Crippen molar-refractivity contribution in [2.45, 2.75) is 6.42 Å². The molecular weight excluding hydrogens is 359 g/mol. The van der Waals surface area contributed by atoms with Crippen molar-refractivity contribution in [2.75, 3.05) is 13.1 Å². The van der Waals surface area contributed by atoms with Crippen LogP contribution in [0.2, 0.25) is 0 Å². The van der Waals surface area contributed by atoms with Crippen LogP contribution in [0.5, 0.6) is 0 Å². The maximum absolute atomic E-state index is 14.2. The molecule has 1 aromatic heterocycles. The summed E-state index contributed by atoms with van der Waals surface area (Å²) in [6, 6.07) is 7.03. The number of hydrogen-bond acceptors (Lipinski definition) is 2. The Bertz CT molecular complexity index is 1040. The summed E-state index contributed by atoms with van der Waals surface area (Å²) in [6.07, 6.45) is 0.189. The second-order valence-corrected chi connectivity index (χ2v) is 6.25. The number of carbonyl (C=O) groups excluding carboxylic acids is 2. The Labute approximate surface area is 151 Å². The lowest BCUT2D eigenvalue weighted by Crippen LogP contribution is -2.32. The first-order valence-electron chi connectivity index (χ1n) is 8.28. The molecule has 0 saturated carbocycles. The highest BCUT2D eigenvalue weighted by Crippen LogP contribution is 2.33. The van der Waals surface area contributed by atoms with Gasteiger partial charge in [-0.05, 0) is 47.9 Å². The Morgan fingerprint density at radius 1 is 1.00 bits per heavy atom. The van der Waals surface area contributed by atoms with E-state index in [2.05, 4.69) is 10.3 Å². The van der Waals surface area contributed by atoms with Gasteiger partial charge in [-0.1, -0.05) is 0 Å². The molecule has 3 amide bonds. The van der Waals surface area contributed by atoms with Crippen LogP contribution in [0.4, 0.5) is 18.0 Å². The van der Waals surface area contributed by atoms with Gasteiger partial charge in [0.25, 0.3) is 0 Å². The molecule has 0 spiro atoms. The number of amides is 3. The largest absolute Gasteiger partial charge is 0.352 e. The molecule has 1 saturated heterocycles. The smallest absolute Gasteiger partial charge is 0.324 e. The second-order valence-electron chi connectivity index (χ2n) is 6.25. The Balaban J connectivity index is 1.80. The lowest BCUT2D eigenvalue weighted by molar-refractivity contribution is -0.124. The fourth-order valence-electron chi connectivity index (χ4n) is 3.30. The molecule has 1 aliphatic rings. The molecule has 0 aliphatic carbocycles. The van der Waals surface area contributed by atoms with Gasteiger partial charge in [0.1, 0.15) is 17.5 Å². The van der Waals surface area contributed by atoms with E-state index in [0.717, 1.165) is 11.0 Å². The molecule has 0 bridgehead atoms. The number of fused-ring (bicyclic) bond motifs is 1. The third-order valence-electron chi connectivity index (χ3n) is 4.59. The third kappa shape index (κ3) is 3.03. The fraction of sp³-hybridized carbons (Fsp3) is 0.158. The molecule has 2 N–H and O–H groups in total. The van der Waals surface area contributed by atoms with Gasteiger partial charge in [-0.3, -0.25) is 9.69 Å². The van der Waals surface area contributed by atoms with Crippen molar-refractivity contribution in [1.82, 2.24) is 15.2 Å². The van der Waals surface area contributed by atoms with Gasteiger partial charge in [-0.25, -0.2) is 18.0 Å². The number of benzene rings is 2. The zero-order valence-corrected chi connectivity index (χ0v) is 14.0. The van der Waals surface area contributed by atoms with Crippen LogP contribution >= 0.6 is 0 Å². The molecule has 1 aliphatic heterocycles. The third-order valence-corrected chi connectivity index (χ3v) is 4.59. The summed E-state index contributed by atoms with van der Waals surface area (Å²) in [6.45, 7) is -0.00919. The predicted molar refractivity (Wildman–Crippen MR) is 92.4 cm³/mol.